The van der Waals surface area contributed by atoms with E-state index in [-0.39, 0.29) is 23.4 Å². The number of nitrogens with zero attached hydrogens (tertiary/aromatic N) is 1. The lowest BCUT2D eigenvalue weighted by molar-refractivity contribution is -0.115. The zero-order chi connectivity index (χ0) is 14.2. The van der Waals surface area contributed by atoms with Gasteiger partial charge >= 0.3 is 6.09 Å². The average Bonchev–Trinajstić information content (AvgIpc) is 2.29. The van der Waals surface area contributed by atoms with Crippen LogP contribution in [-0.4, -0.2) is 41.3 Å². The molecule has 6 heteroatoms. The van der Waals surface area contributed by atoms with Crippen molar-refractivity contribution in [2.75, 3.05) is 18.8 Å². The highest BCUT2D eigenvalue weighted by Gasteiger charge is 2.22. The molecule has 106 valence electrons. The Balaban J connectivity index is 0.000000494. The zero-order valence-corrected chi connectivity index (χ0v) is 12.3. The Morgan fingerprint density at radius 1 is 1.22 bits per heavy atom. The molecule has 1 aliphatic heterocycles. The van der Waals surface area contributed by atoms with Gasteiger partial charge in [-0.1, -0.05) is 0 Å². The number of hydrogen-bond donors (Lipinski definition) is 2. The first-order valence-corrected chi connectivity index (χ1v) is 6.76. The molecule has 0 spiro atoms. The van der Waals surface area contributed by atoms with Crippen molar-refractivity contribution in [1.29, 1.82) is 0 Å². The lowest BCUT2D eigenvalue weighted by atomic mass is 10.1. The fourth-order valence-corrected chi connectivity index (χ4v) is 1.40. The molecule has 1 rings (SSSR count). The van der Waals surface area contributed by atoms with E-state index in [1.807, 2.05) is 20.8 Å². The summed E-state index contributed by atoms with van der Waals surface area (Å²) in [5, 5.41) is 0. The molecule has 0 bridgehead atoms. The lowest BCUT2D eigenvalue weighted by Gasteiger charge is -2.29. The van der Waals surface area contributed by atoms with Crippen molar-refractivity contribution >= 4 is 24.6 Å². The van der Waals surface area contributed by atoms with E-state index in [4.69, 9.17) is 4.74 Å². The predicted molar refractivity (Wildman–Crippen MR) is 74.7 cm³/mol. The second-order valence-corrected chi connectivity index (χ2v) is 5.47. The number of thiol groups is 1. The van der Waals surface area contributed by atoms with Crippen molar-refractivity contribution in [1.82, 2.24) is 4.90 Å². The summed E-state index contributed by atoms with van der Waals surface area (Å²) in [6.07, 6.45) is 3.30. The third-order valence-electron chi connectivity index (χ3n) is 2.16. The largest absolute Gasteiger partial charge is 0.444 e. The summed E-state index contributed by atoms with van der Waals surface area (Å²) in [6, 6.07) is 0. The van der Waals surface area contributed by atoms with E-state index >= 15 is 0 Å². The van der Waals surface area contributed by atoms with Crippen molar-refractivity contribution in [3.63, 3.8) is 0 Å². The maximum Gasteiger partial charge on any atom is 0.410 e. The maximum absolute atomic E-state index is 11.5. The number of hydrogen-bond acceptors (Lipinski definition) is 4. The van der Waals surface area contributed by atoms with Crippen LogP contribution in [0.2, 0.25) is 0 Å². The van der Waals surface area contributed by atoms with Gasteiger partial charge in [-0.05, 0) is 40.0 Å². The van der Waals surface area contributed by atoms with E-state index in [2.05, 4.69) is 18.4 Å². The molecule has 1 fully saturated rings. The smallest absolute Gasteiger partial charge is 0.410 e. The molecule has 1 aliphatic rings. The number of piperidine rings is 1. The van der Waals surface area contributed by atoms with Crippen LogP contribution in [0.1, 0.15) is 40.0 Å². The molecule has 5 nitrogen and oxygen atoms in total. The minimum atomic E-state index is -0.381. The van der Waals surface area contributed by atoms with Crippen molar-refractivity contribution in [2.45, 2.75) is 45.6 Å². The number of amides is 2. The van der Waals surface area contributed by atoms with Gasteiger partial charge in [0.1, 0.15) is 5.60 Å². The number of ether oxygens (including phenoxy) is 1. The van der Waals surface area contributed by atoms with Crippen molar-refractivity contribution in [3.8, 4) is 0 Å². The molecule has 2 N–H and O–H groups in total. The average molecular weight is 276 g/mol. The van der Waals surface area contributed by atoms with Crippen LogP contribution in [0.4, 0.5) is 4.79 Å². The second-order valence-electron chi connectivity index (χ2n) is 5.15. The number of carbonyl (C=O) groups excluding carboxylic acids is 2. The summed E-state index contributed by atoms with van der Waals surface area (Å²) < 4.78 is 5.26. The summed E-state index contributed by atoms with van der Waals surface area (Å²) in [7, 11) is 0. The quantitative estimate of drug-likeness (QED) is 0.717. The van der Waals surface area contributed by atoms with Crippen LogP contribution in [0.15, 0.2) is 0 Å². The summed E-state index contributed by atoms with van der Waals surface area (Å²) in [4.78, 5) is 22.8. The summed E-state index contributed by atoms with van der Waals surface area (Å²) in [5.41, 5.74) is 4.21. The third-order valence-corrected chi connectivity index (χ3v) is 2.48. The van der Waals surface area contributed by atoms with Crippen molar-refractivity contribution < 1.29 is 14.3 Å². The van der Waals surface area contributed by atoms with Gasteiger partial charge in [0.05, 0.1) is 5.75 Å². The van der Waals surface area contributed by atoms with Crippen LogP contribution in [-0.2, 0) is 9.53 Å². The monoisotopic (exact) mass is 276 g/mol. The first-order chi connectivity index (χ1) is 8.26. The molecule has 0 radical (unpaired) electrons. The van der Waals surface area contributed by atoms with Gasteiger partial charge in [0.2, 0.25) is 5.91 Å². The number of primary amides is 1. The summed E-state index contributed by atoms with van der Waals surface area (Å²) >= 11 is 3.54. The Labute approximate surface area is 114 Å². The van der Waals surface area contributed by atoms with Gasteiger partial charge in [0.25, 0.3) is 0 Å². The van der Waals surface area contributed by atoms with Crippen molar-refractivity contribution in [2.24, 2.45) is 5.73 Å². The molecule has 0 aromatic heterocycles. The molecule has 0 aromatic rings. The molecule has 18 heavy (non-hydrogen) atoms. The van der Waals surface area contributed by atoms with Gasteiger partial charge in [-0.2, -0.15) is 12.6 Å². The van der Waals surface area contributed by atoms with Crippen LogP contribution < -0.4 is 5.73 Å². The SMILES string of the molecule is CC(C)(C)OC(=O)N1CCCCC1.NC(=O)CS. The molecule has 0 atom stereocenters. The Morgan fingerprint density at radius 3 is 2.00 bits per heavy atom. The molecule has 0 saturated carbocycles. The number of likely N-dealkylation sites (tertiary alicyclic amines) is 1. The van der Waals surface area contributed by atoms with E-state index in [0.717, 1.165) is 25.9 Å². The Kier molecular flexibility index (Phi) is 7.82. The van der Waals surface area contributed by atoms with Gasteiger partial charge in [0, 0.05) is 13.1 Å². The van der Waals surface area contributed by atoms with Gasteiger partial charge in [-0.25, -0.2) is 4.79 Å². The van der Waals surface area contributed by atoms with Gasteiger partial charge in [0.15, 0.2) is 0 Å². The molecule has 0 aliphatic carbocycles. The van der Waals surface area contributed by atoms with E-state index < -0.39 is 0 Å². The molecule has 1 saturated heterocycles. The maximum atomic E-state index is 11.5. The fourth-order valence-electron chi connectivity index (χ4n) is 1.40. The third kappa shape index (κ3) is 9.15. The minimum absolute atomic E-state index is 0.139. The summed E-state index contributed by atoms with van der Waals surface area (Å²) in [5.74, 6) is -0.242. The van der Waals surface area contributed by atoms with E-state index in [0.29, 0.717) is 0 Å². The highest BCUT2D eigenvalue weighted by atomic mass is 32.1. The van der Waals surface area contributed by atoms with E-state index in [9.17, 15) is 9.59 Å². The molecule has 2 amide bonds. The molecular weight excluding hydrogens is 252 g/mol. The molecule has 1 heterocycles. The molecular formula is C12H24N2O3S. The van der Waals surface area contributed by atoms with Crippen molar-refractivity contribution in [3.05, 3.63) is 0 Å². The molecule has 0 aromatic carbocycles. The van der Waals surface area contributed by atoms with Gasteiger partial charge in [-0.3, -0.25) is 4.79 Å². The number of carbonyl (C=O) groups is 2. The Morgan fingerprint density at radius 2 is 1.67 bits per heavy atom. The minimum Gasteiger partial charge on any atom is -0.444 e. The predicted octanol–water partition coefficient (Wildman–Crippen LogP) is 1.81. The normalized spacial score (nSPS) is 15.4. The Bertz CT molecular complexity index is 271. The van der Waals surface area contributed by atoms with Crippen LogP contribution in [0.25, 0.3) is 0 Å². The van der Waals surface area contributed by atoms with Gasteiger partial charge < -0.3 is 15.4 Å². The first kappa shape index (κ1) is 17.1. The van der Waals surface area contributed by atoms with E-state index in [1.54, 1.807) is 4.90 Å². The lowest BCUT2D eigenvalue weighted by Crippen LogP contribution is -2.39. The number of rotatable bonds is 1. The fraction of sp³-hybridized carbons (Fsp3) is 0.833. The highest BCUT2D eigenvalue weighted by molar-refractivity contribution is 7.81. The molecule has 0 unspecified atom stereocenters. The number of nitrogens with two attached hydrogens (primary N) is 1. The van der Waals surface area contributed by atoms with Crippen LogP contribution in [0.5, 0.6) is 0 Å². The van der Waals surface area contributed by atoms with Crippen LogP contribution in [0, 0.1) is 0 Å². The van der Waals surface area contributed by atoms with Crippen LogP contribution >= 0.6 is 12.6 Å². The standard InChI is InChI=1S/C10H19NO2.C2H5NOS/c1-10(2,3)13-9(12)11-7-5-4-6-8-11;3-2(4)1-5/h4-8H2,1-3H3;5H,1H2,(H2,3,4). The topological polar surface area (TPSA) is 72.6 Å². The van der Waals surface area contributed by atoms with E-state index in [1.165, 1.54) is 6.42 Å². The summed E-state index contributed by atoms with van der Waals surface area (Å²) in [6.45, 7) is 7.41. The van der Waals surface area contributed by atoms with Crippen LogP contribution in [0.3, 0.4) is 0 Å². The highest BCUT2D eigenvalue weighted by Crippen LogP contribution is 2.14. The first-order valence-electron chi connectivity index (χ1n) is 6.13. The zero-order valence-electron chi connectivity index (χ0n) is 11.4. The van der Waals surface area contributed by atoms with Gasteiger partial charge in [-0.15, -0.1) is 0 Å². The second kappa shape index (κ2) is 8.24. The Hall–Kier alpha value is -0.910.